The molecule has 0 N–H and O–H groups in total. The second-order valence-corrected chi connectivity index (χ2v) is 7.40. The van der Waals surface area contributed by atoms with E-state index in [2.05, 4.69) is 6.92 Å². The van der Waals surface area contributed by atoms with Gasteiger partial charge in [-0.05, 0) is 42.3 Å². The summed E-state index contributed by atoms with van der Waals surface area (Å²) in [5.74, 6) is -0.495. The fraction of sp³-hybridized carbons (Fsp3) is 0.385. The molecule has 0 aliphatic carbocycles. The van der Waals surface area contributed by atoms with Crippen LogP contribution in [-0.4, -0.2) is 12.6 Å². The zero-order valence-corrected chi connectivity index (χ0v) is 18.1. The molecule has 2 aromatic rings. The monoisotopic (exact) mass is 423 g/mol. The number of unbranched alkanes of at least 4 members (excludes halogenated alkanes) is 7. The zero-order chi connectivity index (χ0) is 22.3. The highest BCUT2D eigenvalue weighted by atomic mass is 19.1. The average Bonchev–Trinajstić information content (AvgIpc) is 2.77. The van der Waals surface area contributed by atoms with E-state index in [1.54, 1.807) is 12.1 Å². The van der Waals surface area contributed by atoms with Crippen LogP contribution in [0.25, 0.3) is 6.08 Å². The number of carbonyl (C=O) groups excluding carboxylic acids is 1. The molecule has 0 unspecified atom stereocenters. The lowest BCUT2D eigenvalue weighted by Gasteiger charge is -2.06. The number of nitriles is 1. The third kappa shape index (κ3) is 9.48. The van der Waals surface area contributed by atoms with Gasteiger partial charge < -0.3 is 9.47 Å². The van der Waals surface area contributed by atoms with E-state index in [1.807, 2.05) is 24.3 Å². The van der Waals surface area contributed by atoms with Crippen LogP contribution in [0.2, 0.25) is 0 Å². The van der Waals surface area contributed by atoms with E-state index in [-0.39, 0.29) is 11.3 Å². The van der Waals surface area contributed by atoms with Gasteiger partial charge in [0.25, 0.3) is 0 Å². The summed E-state index contributed by atoms with van der Waals surface area (Å²) in [7, 11) is 0. The van der Waals surface area contributed by atoms with Gasteiger partial charge in [0.1, 0.15) is 23.4 Å². The first-order valence-electron chi connectivity index (χ1n) is 10.9. The molecular formula is C26H30FNO3. The Bertz CT molecular complexity index is 885. The first-order valence-corrected chi connectivity index (χ1v) is 10.9. The Morgan fingerprint density at radius 3 is 2.26 bits per heavy atom. The van der Waals surface area contributed by atoms with Crippen LogP contribution in [0.5, 0.6) is 11.5 Å². The molecule has 0 bridgehead atoms. The predicted molar refractivity (Wildman–Crippen MR) is 120 cm³/mol. The van der Waals surface area contributed by atoms with Crippen molar-refractivity contribution < 1.29 is 18.7 Å². The molecule has 0 atom stereocenters. The van der Waals surface area contributed by atoms with Gasteiger partial charge in [-0.2, -0.15) is 5.26 Å². The van der Waals surface area contributed by atoms with Gasteiger partial charge >= 0.3 is 5.97 Å². The Kier molecular flexibility index (Phi) is 10.9. The SMILES string of the molecule is CCCCCCCCCCOc1ccc(/C=C/C(=O)Oc2ccc(C#N)c(F)c2)cc1. The standard InChI is InChI=1S/C26H30FNO3/c1-2-3-4-5-6-7-8-9-18-30-23-14-10-21(11-15-23)12-17-26(29)31-24-16-13-22(20-28)25(27)19-24/h10-17,19H,2-9,18H2,1H3/b17-12+. The minimum absolute atomic E-state index is 0.0517. The maximum atomic E-state index is 13.6. The Balaban J connectivity index is 1.68. The summed E-state index contributed by atoms with van der Waals surface area (Å²) in [4.78, 5) is 11.9. The molecule has 0 fully saturated rings. The molecule has 0 aliphatic heterocycles. The summed E-state index contributed by atoms with van der Waals surface area (Å²) in [5.41, 5.74) is 0.724. The lowest BCUT2D eigenvalue weighted by molar-refractivity contribution is -0.128. The quantitative estimate of drug-likeness (QED) is 0.153. The van der Waals surface area contributed by atoms with Crippen molar-refractivity contribution in [3.63, 3.8) is 0 Å². The molecule has 5 heteroatoms. The van der Waals surface area contributed by atoms with Crippen LogP contribution < -0.4 is 9.47 Å². The van der Waals surface area contributed by atoms with E-state index < -0.39 is 11.8 Å². The van der Waals surface area contributed by atoms with Crippen LogP contribution in [0.4, 0.5) is 4.39 Å². The maximum Gasteiger partial charge on any atom is 0.336 e. The normalized spacial score (nSPS) is 10.7. The molecule has 2 aromatic carbocycles. The number of ether oxygens (including phenoxy) is 2. The van der Waals surface area contributed by atoms with E-state index >= 15 is 0 Å². The van der Waals surface area contributed by atoms with Crippen LogP contribution in [0, 0.1) is 17.1 Å². The van der Waals surface area contributed by atoms with Gasteiger partial charge in [-0.15, -0.1) is 0 Å². The van der Waals surface area contributed by atoms with Crippen molar-refractivity contribution in [3.05, 3.63) is 65.5 Å². The van der Waals surface area contributed by atoms with Gasteiger partial charge in [0, 0.05) is 12.1 Å². The minimum Gasteiger partial charge on any atom is -0.494 e. The fourth-order valence-electron chi connectivity index (χ4n) is 3.07. The molecule has 0 spiro atoms. The lowest BCUT2D eigenvalue weighted by Crippen LogP contribution is -2.04. The average molecular weight is 424 g/mol. The maximum absolute atomic E-state index is 13.6. The molecule has 4 nitrogen and oxygen atoms in total. The van der Waals surface area contributed by atoms with Crippen LogP contribution in [-0.2, 0) is 4.79 Å². The van der Waals surface area contributed by atoms with Crippen LogP contribution in [0.1, 0.15) is 69.4 Å². The summed E-state index contributed by atoms with van der Waals surface area (Å²) in [6, 6.07) is 12.8. The van der Waals surface area contributed by atoms with Gasteiger partial charge in [-0.1, -0.05) is 64.0 Å². The third-order valence-electron chi connectivity index (χ3n) is 4.84. The number of nitrogens with zero attached hydrogens (tertiary/aromatic N) is 1. The molecule has 0 saturated carbocycles. The smallest absolute Gasteiger partial charge is 0.336 e. The molecule has 0 amide bonds. The van der Waals surface area contributed by atoms with Crippen molar-refractivity contribution in [1.82, 2.24) is 0 Å². The summed E-state index contributed by atoms with van der Waals surface area (Å²) in [5, 5.41) is 8.72. The molecule has 0 aliphatic rings. The van der Waals surface area contributed by atoms with Crippen molar-refractivity contribution in [2.24, 2.45) is 0 Å². The third-order valence-corrected chi connectivity index (χ3v) is 4.84. The highest BCUT2D eigenvalue weighted by Crippen LogP contribution is 2.17. The van der Waals surface area contributed by atoms with E-state index in [0.717, 1.165) is 23.8 Å². The van der Waals surface area contributed by atoms with Crippen molar-refractivity contribution >= 4 is 12.0 Å². The molecule has 31 heavy (non-hydrogen) atoms. The summed E-state index contributed by atoms with van der Waals surface area (Å²) >= 11 is 0. The Morgan fingerprint density at radius 2 is 1.61 bits per heavy atom. The molecule has 164 valence electrons. The first-order chi connectivity index (χ1) is 15.1. The molecule has 0 heterocycles. The van der Waals surface area contributed by atoms with Crippen molar-refractivity contribution in [2.45, 2.75) is 58.3 Å². The lowest BCUT2D eigenvalue weighted by atomic mass is 10.1. The largest absolute Gasteiger partial charge is 0.494 e. The topological polar surface area (TPSA) is 59.3 Å². The summed E-state index contributed by atoms with van der Waals surface area (Å²) < 4.78 is 24.4. The van der Waals surface area contributed by atoms with Crippen LogP contribution >= 0.6 is 0 Å². The molecule has 2 rings (SSSR count). The molecule has 0 aromatic heterocycles. The Morgan fingerprint density at radius 1 is 0.968 bits per heavy atom. The van der Waals surface area contributed by atoms with Gasteiger partial charge in [0.2, 0.25) is 0 Å². The molecular weight excluding hydrogens is 393 g/mol. The van der Waals surface area contributed by atoms with Crippen molar-refractivity contribution in [3.8, 4) is 17.6 Å². The number of carbonyl (C=O) groups is 1. The highest BCUT2D eigenvalue weighted by molar-refractivity contribution is 5.88. The number of hydrogen-bond acceptors (Lipinski definition) is 4. The zero-order valence-electron chi connectivity index (χ0n) is 18.1. The minimum atomic E-state index is -0.723. The Labute approximate surface area is 184 Å². The summed E-state index contributed by atoms with van der Waals surface area (Å²) in [6.45, 7) is 2.94. The van der Waals surface area contributed by atoms with Gasteiger partial charge in [-0.3, -0.25) is 0 Å². The predicted octanol–water partition coefficient (Wildman–Crippen LogP) is 6.84. The second-order valence-electron chi connectivity index (χ2n) is 7.40. The van der Waals surface area contributed by atoms with E-state index in [4.69, 9.17) is 14.7 Å². The van der Waals surface area contributed by atoms with E-state index in [1.165, 1.54) is 63.2 Å². The fourth-order valence-corrected chi connectivity index (χ4v) is 3.07. The van der Waals surface area contributed by atoms with Crippen LogP contribution in [0.15, 0.2) is 48.5 Å². The molecule has 0 radical (unpaired) electrons. The van der Waals surface area contributed by atoms with Crippen molar-refractivity contribution in [1.29, 1.82) is 5.26 Å². The van der Waals surface area contributed by atoms with Gasteiger partial charge in [0.05, 0.1) is 12.2 Å². The van der Waals surface area contributed by atoms with Gasteiger partial charge in [-0.25, -0.2) is 9.18 Å². The number of rotatable bonds is 13. The number of benzene rings is 2. The molecule has 0 saturated heterocycles. The van der Waals surface area contributed by atoms with Crippen LogP contribution in [0.3, 0.4) is 0 Å². The van der Waals surface area contributed by atoms with E-state index in [9.17, 15) is 9.18 Å². The van der Waals surface area contributed by atoms with Gasteiger partial charge in [0.15, 0.2) is 0 Å². The number of halogens is 1. The Hall–Kier alpha value is -3.13. The summed E-state index contributed by atoms with van der Waals surface area (Å²) in [6.07, 6.45) is 13.0. The number of hydrogen-bond donors (Lipinski definition) is 0. The van der Waals surface area contributed by atoms with E-state index in [0.29, 0.717) is 6.61 Å². The van der Waals surface area contributed by atoms with Crippen molar-refractivity contribution in [2.75, 3.05) is 6.61 Å². The second kappa shape index (κ2) is 14.0. The first kappa shape index (κ1) is 24.1. The number of esters is 1. The highest BCUT2D eigenvalue weighted by Gasteiger charge is 2.06.